The average Bonchev–Trinajstić information content (AvgIpc) is 3.20. The molecule has 2 aromatic rings. The van der Waals surface area contributed by atoms with Crippen LogP contribution in [0.15, 0.2) is 18.6 Å². The molecule has 7 nitrogen and oxygen atoms in total. The highest BCUT2D eigenvalue weighted by Gasteiger charge is 2.37. The van der Waals surface area contributed by atoms with E-state index >= 15 is 0 Å². The van der Waals surface area contributed by atoms with Crippen molar-refractivity contribution in [2.75, 3.05) is 0 Å². The molecule has 1 saturated carbocycles. The maximum atomic E-state index is 12.5. The van der Waals surface area contributed by atoms with Crippen molar-refractivity contribution in [2.45, 2.75) is 58.3 Å². The molecule has 124 valence electrons. The van der Waals surface area contributed by atoms with Crippen molar-refractivity contribution in [2.24, 2.45) is 0 Å². The highest BCUT2D eigenvalue weighted by molar-refractivity contribution is 5.95. The van der Waals surface area contributed by atoms with Gasteiger partial charge in [-0.05, 0) is 33.6 Å². The van der Waals surface area contributed by atoms with E-state index in [0.29, 0.717) is 11.3 Å². The molecule has 0 unspecified atom stereocenters. The van der Waals surface area contributed by atoms with Crippen molar-refractivity contribution in [1.29, 1.82) is 0 Å². The van der Waals surface area contributed by atoms with Crippen LogP contribution in [0, 0.1) is 13.8 Å². The van der Waals surface area contributed by atoms with Gasteiger partial charge in [0.25, 0.3) is 5.91 Å². The van der Waals surface area contributed by atoms with Crippen LogP contribution in [0.2, 0.25) is 0 Å². The maximum Gasteiger partial charge on any atom is 0.255 e. The Bertz CT molecular complexity index is 705. The molecule has 0 aromatic carbocycles. The number of aromatic nitrogens is 4. The minimum absolute atomic E-state index is 0.0396. The van der Waals surface area contributed by atoms with Gasteiger partial charge in [0.15, 0.2) is 0 Å². The molecule has 2 aromatic heterocycles. The number of nitrogens with zero attached hydrogens (tertiary/aromatic N) is 4. The van der Waals surface area contributed by atoms with Gasteiger partial charge >= 0.3 is 0 Å². The summed E-state index contributed by atoms with van der Waals surface area (Å²) in [6, 6.07) is -0.291. The van der Waals surface area contributed by atoms with Gasteiger partial charge in [0.05, 0.1) is 29.4 Å². The number of carbonyl (C=O) groups is 1. The van der Waals surface area contributed by atoms with Crippen molar-refractivity contribution in [3.63, 3.8) is 0 Å². The first kappa shape index (κ1) is 15.7. The molecule has 1 fully saturated rings. The summed E-state index contributed by atoms with van der Waals surface area (Å²) in [5.41, 5.74) is 1.28. The first-order chi connectivity index (χ1) is 11.0. The smallest absolute Gasteiger partial charge is 0.255 e. The molecular weight excluding hydrogens is 294 g/mol. The lowest BCUT2D eigenvalue weighted by molar-refractivity contribution is 0.0811. The van der Waals surface area contributed by atoms with Gasteiger partial charge in [0.1, 0.15) is 5.82 Å². The molecule has 7 heteroatoms. The Kier molecular flexibility index (Phi) is 4.21. The Balaban J connectivity index is 1.70. The summed E-state index contributed by atoms with van der Waals surface area (Å²) in [4.78, 5) is 16.7. The van der Waals surface area contributed by atoms with Gasteiger partial charge in [-0.3, -0.25) is 9.48 Å². The molecule has 0 bridgehead atoms. The van der Waals surface area contributed by atoms with E-state index in [-0.39, 0.29) is 18.0 Å². The molecule has 0 aliphatic heterocycles. The lowest BCUT2D eigenvalue weighted by atomic mass is 10.1. The van der Waals surface area contributed by atoms with Crippen LogP contribution < -0.4 is 5.32 Å². The number of amides is 1. The van der Waals surface area contributed by atoms with Crippen LogP contribution in [0.1, 0.15) is 47.7 Å². The normalized spacial score (nSPS) is 24.1. The first-order valence-electron chi connectivity index (χ1n) is 8.03. The van der Waals surface area contributed by atoms with Gasteiger partial charge in [-0.2, -0.15) is 5.10 Å². The zero-order valence-corrected chi connectivity index (χ0v) is 13.7. The largest absolute Gasteiger partial charge is 0.389 e. The molecule has 3 rings (SSSR count). The van der Waals surface area contributed by atoms with Crippen molar-refractivity contribution in [1.82, 2.24) is 24.6 Å². The number of hydrogen-bond acceptors (Lipinski definition) is 4. The van der Waals surface area contributed by atoms with Crippen LogP contribution in [-0.4, -0.2) is 42.5 Å². The average molecular weight is 317 g/mol. The summed E-state index contributed by atoms with van der Waals surface area (Å²) < 4.78 is 3.73. The van der Waals surface area contributed by atoms with Gasteiger partial charge in [-0.25, -0.2) is 4.98 Å². The fourth-order valence-electron chi connectivity index (χ4n) is 3.31. The van der Waals surface area contributed by atoms with E-state index in [9.17, 15) is 9.90 Å². The fourth-order valence-corrected chi connectivity index (χ4v) is 3.31. The highest BCUT2D eigenvalue weighted by Crippen LogP contribution is 2.31. The van der Waals surface area contributed by atoms with E-state index in [2.05, 4.69) is 15.4 Å². The molecule has 23 heavy (non-hydrogen) atoms. The third kappa shape index (κ3) is 2.88. The number of nitrogens with one attached hydrogen (secondary N) is 1. The maximum absolute atomic E-state index is 12.5. The molecular formula is C16H23N5O2. The van der Waals surface area contributed by atoms with Gasteiger partial charge in [0, 0.05) is 25.1 Å². The zero-order valence-electron chi connectivity index (χ0n) is 13.7. The number of aliphatic hydroxyl groups is 1. The predicted octanol–water partition coefficient (Wildman–Crippen LogP) is 1.21. The van der Waals surface area contributed by atoms with Crippen LogP contribution >= 0.6 is 0 Å². The summed E-state index contributed by atoms with van der Waals surface area (Å²) in [6.07, 6.45) is 6.31. The van der Waals surface area contributed by atoms with Crippen molar-refractivity contribution in [3.8, 4) is 0 Å². The van der Waals surface area contributed by atoms with Gasteiger partial charge in [0.2, 0.25) is 0 Å². The van der Waals surface area contributed by atoms with E-state index in [0.717, 1.165) is 25.2 Å². The lowest BCUT2D eigenvalue weighted by Gasteiger charge is -2.22. The summed E-state index contributed by atoms with van der Waals surface area (Å²) in [5, 5.41) is 17.8. The second kappa shape index (κ2) is 6.16. The van der Waals surface area contributed by atoms with E-state index in [1.165, 1.54) is 0 Å². The molecule has 2 N–H and O–H groups in total. The molecule has 3 atom stereocenters. The first-order valence-corrected chi connectivity index (χ1v) is 8.03. The monoisotopic (exact) mass is 317 g/mol. The van der Waals surface area contributed by atoms with E-state index in [1.54, 1.807) is 17.1 Å². The Hall–Kier alpha value is -2.15. The van der Waals surface area contributed by atoms with Crippen molar-refractivity contribution in [3.05, 3.63) is 35.7 Å². The van der Waals surface area contributed by atoms with Crippen LogP contribution in [0.5, 0.6) is 0 Å². The number of rotatable bonds is 4. The Morgan fingerprint density at radius 1 is 1.43 bits per heavy atom. The van der Waals surface area contributed by atoms with Crippen molar-refractivity contribution >= 4 is 5.91 Å². The quantitative estimate of drug-likeness (QED) is 0.887. The second-order valence-electron chi connectivity index (χ2n) is 6.08. The molecule has 2 heterocycles. The highest BCUT2D eigenvalue weighted by atomic mass is 16.3. The third-order valence-electron chi connectivity index (χ3n) is 4.63. The van der Waals surface area contributed by atoms with E-state index in [1.807, 2.05) is 31.5 Å². The van der Waals surface area contributed by atoms with Gasteiger partial charge < -0.3 is 15.0 Å². The number of aryl methyl sites for hydroxylation is 3. The van der Waals surface area contributed by atoms with Gasteiger partial charge in [-0.1, -0.05) is 0 Å². The standard InChI is InChI=1S/C16H23N5O2/c1-4-20-9-12(10(2)19-20)16(23)18-13-5-6-14(15(13)22)21-8-7-17-11(21)3/h7-9,13-15,22H,4-6H2,1-3H3,(H,18,23)/t13-,14-,15-/m1/s1. The number of carbonyl (C=O) groups excluding carboxylic acids is 1. The summed E-state index contributed by atoms with van der Waals surface area (Å²) >= 11 is 0. The van der Waals surface area contributed by atoms with E-state index < -0.39 is 6.10 Å². The van der Waals surface area contributed by atoms with Crippen LogP contribution in [-0.2, 0) is 6.54 Å². The minimum atomic E-state index is -0.617. The Labute approximate surface area is 135 Å². The molecule has 1 aliphatic rings. The minimum Gasteiger partial charge on any atom is -0.389 e. The third-order valence-corrected chi connectivity index (χ3v) is 4.63. The van der Waals surface area contributed by atoms with Gasteiger partial charge in [-0.15, -0.1) is 0 Å². The number of hydrogen-bond donors (Lipinski definition) is 2. The molecule has 0 saturated heterocycles. The summed E-state index contributed by atoms with van der Waals surface area (Å²) in [7, 11) is 0. The summed E-state index contributed by atoms with van der Waals surface area (Å²) in [5.74, 6) is 0.704. The zero-order chi connectivity index (χ0) is 16.6. The lowest BCUT2D eigenvalue weighted by Crippen LogP contribution is -2.42. The Morgan fingerprint density at radius 2 is 2.22 bits per heavy atom. The SMILES string of the molecule is CCn1cc(C(=O)N[C@@H]2CC[C@@H](n3ccnc3C)[C@@H]2O)c(C)n1. The number of imidazole rings is 1. The topological polar surface area (TPSA) is 85.0 Å². The second-order valence-corrected chi connectivity index (χ2v) is 6.08. The van der Waals surface area contributed by atoms with Crippen molar-refractivity contribution < 1.29 is 9.90 Å². The van der Waals surface area contributed by atoms with Crippen LogP contribution in [0.3, 0.4) is 0 Å². The fraction of sp³-hybridized carbons (Fsp3) is 0.562. The van der Waals surface area contributed by atoms with Crippen LogP contribution in [0.4, 0.5) is 0 Å². The molecule has 0 radical (unpaired) electrons. The Morgan fingerprint density at radius 3 is 2.83 bits per heavy atom. The molecule has 1 aliphatic carbocycles. The summed E-state index contributed by atoms with van der Waals surface area (Å²) in [6.45, 7) is 6.44. The predicted molar refractivity (Wildman–Crippen MR) is 85.1 cm³/mol. The molecule has 1 amide bonds. The number of aliphatic hydroxyl groups excluding tert-OH is 1. The van der Waals surface area contributed by atoms with Crippen LogP contribution in [0.25, 0.3) is 0 Å². The molecule has 0 spiro atoms. The van der Waals surface area contributed by atoms with E-state index in [4.69, 9.17) is 0 Å².